The first-order valence-electron chi connectivity index (χ1n) is 11.2. The van der Waals surface area contributed by atoms with E-state index in [-0.39, 0.29) is 41.3 Å². The molecule has 0 saturated carbocycles. The van der Waals surface area contributed by atoms with Crippen LogP contribution in [0.3, 0.4) is 0 Å². The molecule has 0 unspecified atom stereocenters. The summed E-state index contributed by atoms with van der Waals surface area (Å²) in [5.41, 5.74) is 6.14. The SMILES string of the molecule is N/C=C\N(N)c1ncc(F)c2c(C(=O)C(=O)N3CCC(/C(=N/N)N(N)c4ccccc4)CC3)c[nH]c12. The number of hydrazine groups is 2. The zero-order valence-electron chi connectivity index (χ0n) is 19.3. The quantitative estimate of drug-likeness (QED) is 0.0827. The number of fused-ring (bicyclic) bond motifs is 1. The minimum absolute atomic E-state index is 0.0757. The summed E-state index contributed by atoms with van der Waals surface area (Å²) in [6, 6.07) is 9.24. The molecule has 3 aromatic rings. The number of pyridine rings is 1. The first kappa shape index (κ1) is 24.6. The molecule has 0 aliphatic carbocycles. The number of H-pyrrole nitrogens is 1. The molecule has 0 radical (unpaired) electrons. The van der Waals surface area contributed by atoms with Gasteiger partial charge in [-0.3, -0.25) is 19.6 Å². The van der Waals surface area contributed by atoms with Gasteiger partial charge in [-0.1, -0.05) is 18.2 Å². The summed E-state index contributed by atoms with van der Waals surface area (Å²) in [6.07, 6.45) is 5.71. The third-order valence-electron chi connectivity index (χ3n) is 6.13. The molecule has 13 heteroatoms. The Kier molecular flexibility index (Phi) is 7.12. The topological polar surface area (TPSA) is 189 Å². The van der Waals surface area contributed by atoms with Crippen LogP contribution in [0.4, 0.5) is 15.9 Å². The third-order valence-corrected chi connectivity index (χ3v) is 6.13. The van der Waals surface area contributed by atoms with Crippen molar-refractivity contribution in [3.63, 3.8) is 0 Å². The number of Topliss-reactive ketones (excluding diaryl/α,β-unsaturated/α-hetero) is 1. The maximum atomic E-state index is 14.7. The number of amides is 1. The first-order valence-corrected chi connectivity index (χ1v) is 11.2. The summed E-state index contributed by atoms with van der Waals surface area (Å²) in [5.74, 6) is 15.9. The average Bonchev–Trinajstić information content (AvgIpc) is 3.35. The number of carbonyl (C=O) groups is 2. The number of hydrazone groups is 1. The number of aromatic amines is 1. The lowest BCUT2D eigenvalue weighted by Crippen LogP contribution is -2.48. The first-order chi connectivity index (χ1) is 17.4. The van der Waals surface area contributed by atoms with Gasteiger partial charge in [-0.05, 0) is 25.0 Å². The van der Waals surface area contributed by atoms with E-state index in [2.05, 4.69) is 15.1 Å². The largest absolute Gasteiger partial charge is 0.403 e. The number of anilines is 2. The lowest BCUT2D eigenvalue weighted by molar-refractivity contribution is -0.127. The second kappa shape index (κ2) is 10.4. The molecule has 3 heterocycles. The molecule has 0 bridgehead atoms. The van der Waals surface area contributed by atoms with E-state index in [0.29, 0.717) is 18.7 Å². The fourth-order valence-electron chi connectivity index (χ4n) is 4.32. The van der Waals surface area contributed by atoms with Gasteiger partial charge in [0.05, 0.1) is 28.4 Å². The molecule has 36 heavy (non-hydrogen) atoms. The number of hydrogen-bond donors (Lipinski definition) is 5. The molecule has 1 amide bonds. The lowest BCUT2D eigenvalue weighted by Gasteiger charge is -2.34. The van der Waals surface area contributed by atoms with Crippen LogP contribution in [0.5, 0.6) is 0 Å². The minimum Gasteiger partial charge on any atom is -0.403 e. The summed E-state index contributed by atoms with van der Waals surface area (Å²) in [6.45, 7) is 0.568. The molecule has 9 N–H and O–H groups in total. The minimum atomic E-state index is -0.842. The molecular weight excluding hydrogens is 467 g/mol. The van der Waals surface area contributed by atoms with Crippen LogP contribution in [0.25, 0.3) is 10.9 Å². The number of benzene rings is 1. The number of hydrogen-bond acceptors (Lipinski definition) is 9. The van der Waals surface area contributed by atoms with Gasteiger partial charge in [0.2, 0.25) is 0 Å². The van der Waals surface area contributed by atoms with Crippen molar-refractivity contribution in [2.75, 3.05) is 23.1 Å². The predicted octanol–water partition coefficient (Wildman–Crippen LogP) is 0.886. The van der Waals surface area contributed by atoms with Gasteiger partial charge in [0.15, 0.2) is 11.6 Å². The van der Waals surface area contributed by atoms with E-state index in [9.17, 15) is 14.0 Å². The highest BCUT2D eigenvalue weighted by Crippen LogP contribution is 2.29. The van der Waals surface area contributed by atoms with E-state index in [4.69, 9.17) is 23.3 Å². The van der Waals surface area contributed by atoms with Gasteiger partial charge in [0.1, 0.15) is 5.84 Å². The molecule has 188 valence electrons. The molecule has 1 saturated heterocycles. The number of nitrogens with two attached hydrogens (primary N) is 4. The van der Waals surface area contributed by atoms with Crippen LogP contribution in [0.2, 0.25) is 0 Å². The Hall–Kier alpha value is -4.49. The van der Waals surface area contributed by atoms with E-state index in [1.165, 1.54) is 28.5 Å². The highest BCUT2D eigenvalue weighted by atomic mass is 19.1. The Labute approximate surface area is 205 Å². The molecular formula is C23H27FN10O2. The van der Waals surface area contributed by atoms with Crippen molar-refractivity contribution in [1.82, 2.24) is 14.9 Å². The second-order valence-electron chi connectivity index (χ2n) is 8.22. The van der Waals surface area contributed by atoms with Gasteiger partial charge in [0.25, 0.3) is 11.7 Å². The van der Waals surface area contributed by atoms with Crippen LogP contribution >= 0.6 is 0 Å². The van der Waals surface area contributed by atoms with Crippen molar-refractivity contribution in [1.29, 1.82) is 0 Å². The van der Waals surface area contributed by atoms with E-state index >= 15 is 0 Å². The predicted molar refractivity (Wildman–Crippen MR) is 134 cm³/mol. The van der Waals surface area contributed by atoms with Crippen molar-refractivity contribution < 1.29 is 14.0 Å². The molecule has 1 aliphatic heterocycles. The van der Waals surface area contributed by atoms with Gasteiger partial charge in [-0.2, -0.15) is 5.10 Å². The Morgan fingerprint density at radius 2 is 1.89 bits per heavy atom. The van der Waals surface area contributed by atoms with Crippen LogP contribution in [-0.2, 0) is 4.79 Å². The normalized spacial score (nSPS) is 15.0. The van der Waals surface area contributed by atoms with Crippen LogP contribution in [0, 0.1) is 11.7 Å². The maximum Gasteiger partial charge on any atom is 0.295 e. The van der Waals surface area contributed by atoms with E-state index in [1.807, 2.05) is 30.3 Å². The molecule has 2 aromatic heterocycles. The van der Waals surface area contributed by atoms with Crippen molar-refractivity contribution in [2.24, 2.45) is 34.3 Å². The zero-order valence-corrected chi connectivity index (χ0v) is 19.3. The number of ketones is 1. The Bertz CT molecular complexity index is 1320. The van der Waals surface area contributed by atoms with Gasteiger partial charge >= 0.3 is 0 Å². The van der Waals surface area contributed by atoms with Crippen molar-refractivity contribution in [3.05, 3.63) is 66.5 Å². The number of carbonyl (C=O) groups excluding carboxylic acids is 2. The van der Waals surface area contributed by atoms with Gasteiger partial charge in [0, 0.05) is 37.6 Å². The van der Waals surface area contributed by atoms with Gasteiger partial charge < -0.3 is 21.5 Å². The lowest BCUT2D eigenvalue weighted by atomic mass is 9.94. The van der Waals surface area contributed by atoms with Crippen LogP contribution in [0.15, 0.2) is 60.2 Å². The van der Waals surface area contributed by atoms with Gasteiger partial charge in [-0.25, -0.2) is 21.1 Å². The number of nitrogens with one attached hydrogen (secondary N) is 1. The smallest absolute Gasteiger partial charge is 0.295 e. The standard InChI is InChI=1S/C23H27FN10O2/c24-17-13-30-22(33(27)11-8-25)19-18(17)16(12-29-19)20(35)23(36)32-9-6-14(7-10-32)21(31-26)34(28)15-4-2-1-3-5-15/h1-5,8,11-14,29H,6-7,9-10,25-28H2/b11-8-,31-21-. The summed E-state index contributed by atoms with van der Waals surface area (Å²) in [5, 5.41) is 6.31. The molecule has 1 fully saturated rings. The Morgan fingerprint density at radius 1 is 1.19 bits per heavy atom. The Balaban J connectivity index is 1.49. The van der Waals surface area contributed by atoms with E-state index < -0.39 is 17.5 Å². The number of piperidine rings is 1. The maximum absolute atomic E-state index is 14.7. The van der Waals surface area contributed by atoms with E-state index in [0.717, 1.165) is 16.9 Å². The number of likely N-dealkylation sites (tertiary alicyclic amines) is 1. The van der Waals surface area contributed by atoms with Crippen molar-refractivity contribution >= 4 is 39.9 Å². The van der Waals surface area contributed by atoms with Crippen LogP contribution in [-0.4, -0.2) is 45.5 Å². The third kappa shape index (κ3) is 4.56. The number of halogens is 1. The molecule has 1 aliphatic rings. The number of rotatable bonds is 6. The molecule has 4 rings (SSSR count). The fourth-order valence-corrected chi connectivity index (χ4v) is 4.32. The molecule has 12 nitrogen and oxygen atoms in total. The Morgan fingerprint density at radius 3 is 2.53 bits per heavy atom. The second-order valence-corrected chi connectivity index (χ2v) is 8.22. The highest BCUT2D eigenvalue weighted by Gasteiger charge is 2.33. The molecule has 1 aromatic carbocycles. The summed E-state index contributed by atoms with van der Waals surface area (Å²) < 4.78 is 14.7. The van der Waals surface area contributed by atoms with Crippen LogP contribution in [0.1, 0.15) is 23.2 Å². The summed E-state index contributed by atoms with van der Waals surface area (Å²) in [7, 11) is 0. The highest BCUT2D eigenvalue weighted by molar-refractivity contribution is 6.45. The van der Waals surface area contributed by atoms with E-state index in [1.54, 1.807) is 0 Å². The number of aromatic nitrogens is 2. The molecule has 0 atom stereocenters. The monoisotopic (exact) mass is 494 g/mol. The number of amidine groups is 1. The molecule has 0 spiro atoms. The van der Waals surface area contributed by atoms with Crippen molar-refractivity contribution in [3.8, 4) is 0 Å². The van der Waals surface area contributed by atoms with Crippen molar-refractivity contribution in [2.45, 2.75) is 12.8 Å². The number of nitrogens with zero attached hydrogens (tertiary/aromatic N) is 5. The summed E-state index contributed by atoms with van der Waals surface area (Å²) in [4.78, 5) is 34.3. The van der Waals surface area contributed by atoms with Gasteiger partial charge in [-0.15, -0.1) is 0 Å². The zero-order chi connectivity index (χ0) is 25.8. The summed E-state index contributed by atoms with van der Waals surface area (Å²) >= 11 is 0. The van der Waals surface area contributed by atoms with Crippen LogP contribution < -0.4 is 33.3 Å². The average molecular weight is 495 g/mol. The fraction of sp³-hybridized carbons (Fsp3) is 0.217. The number of para-hydroxylation sites is 1.